The Labute approximate surface area is 146 Å². The Morgan fingerprint density at radius 3 is 2.48 bits per heavy atom. The van der Waals surface area contributed by atoms with Crippen LogP contribution in [-0.4, -0.2) is 49.2 Å². The minimum atomic E-state index is -1.08. The Hall–Kier alpha value is -2.02. The molecule has 0 heterocycles. The molecule has 0 N–H and O–H groups in total. The molecule has 1 aromatic carbocycles. The van der Waals surface area contributed by atoms with Crippen LogP contribution < -0.4 is 0 Å². The third-order valence-electron chi connectivity index (χ3n) is 3.37. The number of rotatable bonds is 10. The van der Waals surface area contributed by atoms with E-state index in [1.807, 2.05) is 13.8 Å². The van der Waals surface area contributed by atoms with Crippen molar-refractivity contribution < 1.29 is 27.8 Å². The number of esters is 1. The summed E-state index contributed by atoms with van der Waals surface area (Å²) in [6.07, 6.45) is 0.680. The number of amides is 1. The molecule has 7 heteroatoms. The van der Waals surface area contributed by atoms with Crippen molar-refractivity contribution in [2.75, 3.05) is 26.3 Å². The summed E-state index contributed by atoms with van der Waals surface area (Å²) in [5, 5.41) is 0. The van der Waals surface area contributed by atoms with Gasteiger partial charge in [-0.05, 0) is 45.4 Å². The van der Waals surface area contributed by atoms with Crippen LogP contribution in [0.3, 0.4) is 0 Å². The molecule has 1 rings (SSSR count). The molecular weight excluding hydrogens is 332 g/mol. The Morgan fingerprint density at radius 1 is 1.16 bits per heavy atom. The molecule has 0 fully saturated rings. The highest BCUT2D eigenvalue weighted by Crippen LogP contribution is 2.12. The predicted octanol–water partition coefficient (Wildman–Crippen LogP) is 3.18. The van der Waals surface area contributed by atoms with E-state index < -0.39 is 23.5 Å². The summed E-state index contributed by atoms with van der Waals surface area (Å²) in [6.45, 7) is 6.71. The highest BCUT2D eigenvalue weighted by molar-refractivity contribution is 5.94. The monoisotopic (exact) mass is 357 g/mol. The molecule has 25 heavy (non-hydrogen) atoms. The van der Waals surface area contributed by atoms with Gasteiger partial charge in [-0.3, -0.25) is 9.59 Å². The topological polar surface area (TPSA) is 55.8 Å². The van der Waals surface area contributed by atoms with Gasteiger partial charge in [0.1, 0.15) is 0 Å². The lowest BCUT2D eigenvalue weighted by Gasteiger charge is -2.23. The fourth-order valence-electron chi connectivity index (χ4n) is 2.16. The largest absolute Gasteiger partial charge is 0.466 e. The van der Waals surface area contributed by atoms with Gasteiger partial charge >= 0.3 is 5.97 Å². The van der Waals surface area contributed by atoms with Crippen LogP contribution in [0.4, 0.5) is 8.78 Å². The van der Waals surface area contributed by atoms with Crippen molar-refractivity contribution in [3.05, 3.63) is 35.4 Å². The normalized spacial score (nSPS) is 10.8. The zero-order valence-corrected chi connectivity index (χ0v) is 14.9. The first kappa shape index (κ1) is 21.0. The molecule has 0 bridgehead atoms. The van der Waals surface area contributed by atoms with Crippen molar-refractivity contribution in [1.82, 2.24) is 4.90 Å². The van der Waals surface area contributed by atoms with Gasteiger partial charge in [-0.1, -0.05) is 0 Å². The summed E-state index contributed by atoms with van der Waals surface area (Å²) in [7, 11) is 0. The Bertz CT molecular complexity index is 578. The second-order valence-corrected chi connectivity index (χ2v) is 5.75. The number of carbonyl (C=O) groups excluding carboxylic acids is 2. The molecule has 1 amide bonds. The van der Waals surface area contributed by atoms with E-state index in [4.69, 9.17) is 9.47 Å². The zero-order valence-electron chi connectivity index (χ0n) is 14.9. The maximum atomic E-state index is 13.4. The molecule has 0 aliphatic carbocycles. The molecule has 0 atom stereocenters. The Kier molecular flexibility index (Phi) is 9.05. The highest BCUT2D eigenvalue weighted by atomic mass is 19.2. The van der Waals surface area contributed by atoms with Crippen molar-refractivity contribution in [1.29, 1.82) is 0 Å². The summed E-state index contributed by atoms with van der Waals surface area (Å²) < 4.78 is 36.7. The number of benzene rings is 1. The quantitative estimate of drug-likeness (QED) is 0.477. The third kappa shape index (κ3) is 7.60. The van der Waals surface area contributed by atoms with Crippen molar-refractivity contribution in [2.24, 2.45) is 0 Å². The van der Waals surface area contributed by atoms with E-state index in [-0.39, 0.29) is 31.2 Å². The van der Waals surface area contributed by atoms with Crippen molar-refractivity contribution in [2.45, 2.75) is 39.7 Å². The van der Waals surface area contributed by atoms with Crippen LogP contribution in [0.5, 0.6) is 0 Å². The zero-order chi connectivity index (χ0) is 18.8. The van der Waals surface area contributed by atoms with Crippen LogP contribution in [0.2, 0.25) is 0 Å². The Balaban J connectivity index is 2.74. The van der Waals surface area contributed by atoms with Crippen LogP contribution in [0.1, 0.15) is 44.0 Å². The highest BCUT2D eigenvalue weighted by Gasteiger charge is 2.18. The smallest absolute Gasteiger partial charge is 0.307 e. The first-order valence-corrected chi connectivity index (χ1v) is 8.36. The molecule has 0 spiro atoms. The second-order valence-electron chi connectivity index (χ2n) is 5.75. The number of nitrogens with zero attached hydrogens (tertiary/aromatic N) is 1. The van der Waals surface area contributed by atoms with E-state index in [0.29, 0.717) is 19.6 Å². The van der Waals surface area contributed by atoms with E-state index in [1.54, 1.807) is 6.92 Å². The lowest BCUT2D eigenvalue weighted by atomic mass is 10.1. The van der Waals surface area contributed by atoms with Gasteiger partial charge in [-0.2, -0.15) is 0 Å². The Morgan fingerprint density at radius 2 is 1.88 bits per heavy atom. The summed E-state index contributed by atoms with van der Waals surface area (Å²) >= 11 is 0. The van der Waals surface area contributed by atoms with Gasteiger partial charge in [0.2, 0.25) is 0 Å². The first-order valence-electron chi connectivity index (χ1n) is 8.36. The third-order valence-corrected chi connectivity index (χ3v) is 3.37. The molecule has 0 saturated carbocycles. The second kappa shape index (κ2) is 10.8. The number of hydrogen-bond acceptors (Lipinski definition) is 4. The molecule has 5 nitrogen and oxygen atoms in total. The van der Waals surface area contributed by atoms with Crippen molar-refractivity contribution in [3.63, 3.8) is 0 Å². The standard InChI is InChI=1S/C18H25F2NO4/c1-4-24-17(22)8-10-21(9-5-11-25-13(2)3)18(23)14-6-7-15(19)16(20)12-14/h6-7,12-13H,4-5,8-11H2,1-3H3. The molecular formula is C18H25F2NO4. The van der Waals surface area contributed by atoms with E-state index in [1.165, 1.54) is 11.0 Å². The van der Waals surface area contributed by atoms with Gasteiger partial charge < -0.3 is 14.4 Å². The number of halogens is 2. The van der Waals surface area contributed by atoms with Crippen molar-refractivity contribution >= 4 is 11.9 Å². The number of hydrogen-bond donors (Lipinski definition) is 0. The average molecular weight is 357 g/mol. The van der Waals surface area contributed by atoms with Gasteiger partial charge in [0.25, 0.3) is 5.91 Å². The van der Waals surface area contributed by atoms with Crippen LogP contribution >= 0.6 is 0 Å². The predicted molar refractivity (Wildman–Crippen MR) is 89.2 cm³/mol. The maximum absolute atomic E-state index is 13.4. The van der Waals surface area contributed by atoms with Gasteiger partial charge in [-0.25, -0.2) is 8.78 Å². The van der Waals surface area contributed by atoms with E-state index in [0.717, 1.165) is 12.1 Å². The fourth-order valence-corrected chi connectivity index (χ4v) is 2.16. The molecule has 0 aliphatic rings. The molecule has 0 radical (unpaired) electrons. The van der Waals surface area contributed by atoms with Gasteiger partial charge in [0, 0.05) is 25.3 Å². The number of ether oxygens (including phenoxy) is 2. The fraction of sp³-hybridized carbons (Fsp3) is 0.556. The molecule has 0 aromatic heterocycles. The van der Waals surface area contributed by atoms with Gasteiger partial charge in [0.15, 0.2) is 11.6 Å². The van der Waals surface area contributed by atoms with Crippen LogP contribution in [0.15, 0.2) is 18.2 Å². The van der Waals surface area contributed by atoms with Crippen LogP contribution in [-0.2, 0) is 14.3 Å². The first-order chi connectivity index (χ1) is 11.8. The van der Waals surface area contributed by atoms with Gasteiger partial charge in [-0.15, -0.1) is 0 Å². The minimum Gasteiger partial charge on any atom is -0.466 e. The summed E-state index contributed by atoms with van der Waals surface area (Å²) in [5.74, 6) is -2.98. The average Bonchev–Trinajstić information content (AvgIpc) is 2.56. The summed E-state index contributed by atoms with van der Waals surface area (Å²) in [5.41, 5.74) is 0.0348. The molecule has 1 aromatic rings. The van der Waals surface area contributed by atoms with Crippen LogP contribution in [0, 0.1) is 11.6 Å². The molecule has 0 unspecified atom stereocenters. The maximum Gasteiger partial charge on any atom is 0.307 e. The van der Waals surface area contributed by atoms with Gasteiger partial charge in [0.05, 0.1) is 19.1 Å². The lowest BCUT2D eigenvalue weighted by molar-refractivity contribution is -0.143. The SMILES string of the molecule is CCOC(=O)CCN(CCCOC(C)C)C(=O)c1ccc(F)c(F)c1. The molecule has 0 saturated heterocycles. The van der Waals surface area contributed by atoms with Crippen LogP contribution in [0.25, 0.3) is 0 Å². The van der Waals surface area contributed by atoms with E-state index in [2.05, 4.69) is 0 Å². The molecule has 140 valence electrons. The van der Waals surface area contributed by atoms with E-state index >= 15 is 0 Å². The minimum absolute atomic E-state index is 0.0348. The molecule has 0 aliphatic heterocycles. The summed E-state index contributed by atoms with van der Waals surface area (Å²) in [4.78, 5) is 25.5. The van der Waals surface area contributed by atoms with E-state index in [9.17, 15) is 18.4 Å². The van der Waals surface area contributed by atoms with Crippen molar-refractivity contribution in [3.8, 4) is 0 Å². The lowest BCUT2D eigenvalue weighted by Crippen LogP contribution is -2.35. The number of carbonyl (C=O) groups is 2. The summed E-state index contributed by atoms with van der Waals surface area (Å²) in [6, 6.07) is 3.00.